The fraction of sp³-hybridized carbons (Fsp3) is 0.146. The molecule has 0 atom stereocenters. The molecule has 0 fully saturated rings. The van der Waals surface area contributed by atoms with E-state index in [1.165, 1.54) is 133 Å². The van der Waals surface area contributed by atoms with Crippen LogP contribution in [0, 0.1) is 0 Å². The van der Waals surface area contributed by atoms with Crippen LogP contribution in [0.25, 0.3) is 78.2 Å². The standard InChI is InChI=1S/C82H66N2/c1-79(2)71-41-51(29-37-63(71)67-47-77-69(49-75(67)79)65-39-35-61(45-73(65)81(77,5)6)83(57-23-11-9-12-24-57)59-33-31-53-19-15-17-21-55(53)43-59)27-28-52-30-38-64-68-48-78-70(50-76(68)80(3,4)72(64)42-52)66-40-36-62(46-74(66)82(78,7)8)84(58-25-13-10-14-26-58)60-34-32-54-20-16-18-22-56(54)44-60/h9-50H,1-8H3/b28-27+. The van der Waals surface area contributed by atoms with Crippen LogP contribution in [0.4, 0.5) is 34.1 Å². The highest BCUT2D eigenvalue weighted by molar-refractivity contribution is 5.96. The molecule has 84 heavy (non-hydrogen) atoms. The highest BCUT2D eigenvalue weighted by Gasteiger charge is 2.44. The van der Waals surface area contributed by atoms with Gasteiger partial charge < -0.3 is 9.80 Å². The third kappa shape index (κ3) is 7.42. The fourth-order valence-electron chi connectivity index (χ4n) is 15.3. The predicted octanol–water partition coefficient (Wildman–Crippen LogP) is 22.3. The van der Waals surface area contributed by atoms with Crippen molar-refractivity contribution in [1.82, 2.24) is 0 Å². The second-order valence-corrected chi connectivity index (χ2v) is 26.2. The van der Waals surface area contributed by atoms with E-state index in [2.05, 4.69) is 320 Å². The Morgan fingerprint density at radius 3 is 0.845 bits per heavy atom. The number of benzene rings is 12. The van der Waals surface area contributed by atoms with Gasteiger partial charge in [-0.3, -0.25) is 0 Å². The quantitative estimate of drug-likeness (QED) is 0.140. The van der Waals surface area contributed by atoms with Crippen LogP contribution < -0.4 is 9.80 Å². The highest BCUT2D eigenvalue weighted by atomic mass is 15.1. The van der Waals surface area contributed by atoms with Gasteiger partial charge in [-0.1, -0.05) is 213 Å². The van der Waals surface area contributed by atoms with E-state index in [1.807, 2.05) is 0 Å². The van der Waals surface area contributed by atoms with Crippen molar-refractivity contribution >= 4 is 67.8 Å². The van der Waals surface area contributed by atoms with Crippen LogP contribution in [0.15, 0.2) is 243 Å². The zero-order chi connectivity index (χ0) is 57.0. The Bertz CT molecular complexity index is 4480. The summed E-state index contributed by atoms with van der Waals surface area (Å²) in [4.78, 5) is 4.82. The summed E-state index contributed by atoms with van der Waals surface area (Å²) >= 11 is 0. The first-order valence-corrected chi connectivity index (χ1v) is 30.0. The molecule has 0 amide bonds. The maximum Gasteiger partial charge on any atom is 0.0468 e. The molecule has 0 radical (unpaired) electrons. The minimum absolute atomic E-state index is 0.169. The van der Waals surface area contributed by atoms with Crippen molar-refractivity contribution in [3.63, 3.8) is 0 Å². The molecular formula is C82H66N2. The fourth-order valence-corrected chi connectivity index (χ4v) is 15.3. The van der Waals surface area contributed by atoms with Gasteiger partial charge in [-0.05, 0) is 219 Å². The van der Waals surface area contributed by atoms with Crippen LogP contribution in [-0.4, -0.2) is 0 Å². The minimum Gasteiger partial charge on any atom is -0.310 e. The lowest BCUT2D eigenvalue weighted by molar-refractivity contribution is 0.652. The maximum absolute atomic E-state index is 2.54. The summed E-state index contributed by atoms with van der Waals surface area (Å²) in [5.74, 6) is 0. The molecule has 12 aromatic carbocycles. The molecule has 0 bridgehead atoms. The maximum atomic E-state index is 2.54. The van der Waals surface area contributed by atoms with Crippen molar-refractivity contribution in [2.24, 2.45) is 0 Å². The largest absolute Gasteiger partial charge is 0.310 e. The summed E-state index contributed by atoms with van der Waals surface area (Å²) in [6.45, 7) is 19.3. The molecule has 0 N–H and O–H groups in total. The average molecular weight is 1080 g/mol. The number of nitrogens with zero attached hydrogens (tertiary/aromatic N) is 2. The van der Waals surface area contributed by atoms with Gasteiger partial charge in [-0.15, -0.1) is 0 Å². The molecule has 0 saturated carbocycles. The van der Waals surface area contributed by atoms with Gasteiger partial charge in [0.15, 0.2) is 0 Å². The van der Waals surface area contributed by atoms with Crippen LogP contribution >= 0.6 is 0 Å². The number of anilines is 6. The average Bonchev–Trinajstić information content (AvgIpc) is 1.64. The van der Waals surface area contributed by atoms with Crippen molar-refractivity contribution in [3.8, 4) is 44.5 Å². The molecule has 0 heterocycles. The monoisotopic (exact) mass is 1080 g/mol. The second kappa shape index (κ2) is 18.0. The summed E-state index contributed by atoms with van der Waals surface area (Å²) in [7, 11) is 0. The summed E-state index contributed by atoms with van der Waals surface area (Å²) in [5, 5.41) is 4.97. The SMILES string of the molecule is CC1(C)c2cc(/C=C/c3ccc4c(c3)C(C)(C)c3cc5c(cc3-4)C(C)(C)c3cc(N(c4ccccc4)c4ccc6ccccc6c4)ccc3-5)ccc2-c2cc3c(cc21)-c1ccc(N(c2ccccc2)c2ccc4ccccc4c2)cc1C3(C)C. The number of para-hydroxylation sites is 2. The normalized spacial score (nSPS) is 15.5. The van der Waals surface area contributed by atoms with Crippen LogP contribution in [0.1, 0.15) is 111 Å². The van der Waals surface area contributed by atoms with E-state index >= 15 is 0 Å². The number of fused-ring (bicyclic) bond motifs is 14. The number of hydrogen-bond acceptors (Lipinski definition) is 2. The molecule has 12 aromatic rings. The van der Waals surface area contributed by atoms with E-state index < -0.39 is 0 Å². The Balaban J connectivity index is 0.684. The third-order valence-corrected chi connectivity index (χ3v) is 20.0. The van der Waals surface area contributed by atoms with Gasteiger partial charge in [-0.2, -0.15) is 0 Å². The first kappa shape index (κ1) is 50.2. The minimum atomic E-state index is -0.193. The van der Waals surface area contributed by atoms with Crippen molar-refractivity contribution in [2.75, 3.05) is 9.80 Å². The summed E-state index contributed by atoms with van der Waals surface area (Å²) in [6.07, 6.45) is 4.65. The van der Waals surface area contributed by atoms with Crippen LogP contribution in [0.3, 0.4) is 0 Å². The molecule has 0 saturated heterocycles. The first-order valence-electron chi connectivity index (χ1n) is 30.0. The summed E-state index contributed by atoms with van der Waals surface area (Å²) in [6, 6.07) is 91.3. The van der Waals surface area contributed by atoms with Gasteiger partial charge in [0.2, 0.25) is 0 Å². The molecule has 0 aliphatic heterocycles. The van der Waals surface area contributed by atoms with E-state index in [-0.39, 0.29) is 21.7 Å². The van der Waals surface area contributed by atoms with Gasteiger partial charge in [0.05, 0.1) is 0 Å². The van der Waals surface area contributed by atoms with E-state index in [0.29, 0.717) is 0 Å². The molecule has 0 spiro atoms. The molecule has 16 rings (SSSR count). The van der Waals surface area contributed by atoms with Gasteiger partial charge >= 0.3 is 0 Å². The molecule has 0 aromatic heterocycles. The van der Waals surface area contributed by atoms with Crippen molar-refractivity contribution < 1.29 is 0 Å². The lowest BCUT2D eigenvalue weighted by Crippen LogP contribution is -2.17. The van der Waals surface area contributed by atoms with Crippen LogP contribution in [0.2, 0.25) is 0 Å². The van der Waals surface area contributed by atoms with Crippen molar-refractivity contribution in [3.05, 3.63) is 298 Å². The summed E-state index contributed by atoms with van der Waals surface area (Å²) in [5.41, 5.74) is 30.6. The van der Waals surface area contributed by atoms with Gasteiger partial charge in [-0.25, -0.2) is 0 Å². The predicted molar refractivity (Wildman–Crippen MR) is 356 cm³/mol. The lowest BCUT2D eigenvalue weighted by atomic mass is 9.79. The highest BCUT2D eigenvalue weighted by Crippen LogP contribution is 2.59. The van der Waals surface area contributed by atoms with Gasteiger partial charge in [0, 0.05) is 55.8 Å². The molecule has 404 valence electrons. The van der Waals surface area contributed by atoms with E-state index in [0.717, 1.165) is 22.7 Å². The molecule has 4 aliphatic carbocycles. The molecule has 2 heteroatoms. The van der Waals surface area contributed by atoms with E-state index in [4.69, 9.17) is 0 Å². The first-order chi connectivity index (χ1) is 40.6. The zero-order valence-electron chi connectivity index (χ0n) is 49.1. The zero-order valence-corrected chi connectivity index (χ0v) is 49.1. The summed E-state index contributed by atoms with van der Waals surface area (Å²) < 4.78 is 0. The lowest BCUT2D eigenvalue weighted by Gasteiger charge is -2.28. The Hall–Kier alpha value is -9.50. The molecule has 0 unspecified atom stereocenters. The smallest absolute Gasteiger partial charge is 0.0468 e. The Morgan fingerprint density at radius 2 is 0.488 bits per heavy atom. The van der Waals surface area contributed by atoms with Crippen molar-refractivity contribution in [1.29, 1.82) is 0 Å². The Kier molecular flexibility index (Phi) is 10.8. The number of hydrogen-bond donors (Lipinski definition) is 0. The van der Waals surface area contributed by atoms with E-state index in [1.54, 1.807) is 0 Å². The van der Waals surface area contributed by atoms with Gasteiger partial charge in [0.1, 0.15) is 0 Å². The third-order valence-electron chi connectivity index (χ3n) is 20.0. The molecule has 2 nitrogen and oxygen atoms in total. The Labute approximate surface area is 494 Å². The Morgan fingerprint density at radius 1 is 0.214 bits per heavy atom. The van der Waals surface area contributed by atoms with Crippen LogP contribution in [-0.2, 0) is 21.7 Å². The topological polar surface area (TPSA) is 6.48 Å². The molecular weight excluding hydrogens is 1010 g/mol. The van der Waals surface area contributed by atoms with E-state index in [9.17, 15) is 0 Å². The second-order valence-electron chi connectivity index (χ2n) is 26.2. The molecule has 4 aliphatic rings. The number of rotatable bonds is 8. The van der Waals surface area contributed by atoms with Gasteiger partial charge in [0.25, 0.3) is 0 Å². The van der Waals surface area contributed by atoms with Crippen LogP contribution in [0.5, 0.6) is 0 Å². The van der Waals surface area contributed by atoms with Crippen molar-refractivity contribution in [2.45, 2.75) is 77.0 Å².